The standard InChI is InChI=1S/C12H10N4O2S2/c17-9-5-8(13-11-16(9)3-4-19-11)6-20-12-15-14-10(18-12)7-1-2-7/h3-5,7H,1-2,6H2. The van der Waals surface area contributed by atoms with Crippen molar-refractivity contribution in [3.63, 3.8) is 0 Å². The monoisotopic (exact) mass is 306 g/mol. The zero-order chi connectivity index (χ0) is 13.5. The largest absolute Gasteiger partial charge is 0.416 e. The smallest absolute Gasteiger partial charge is 0.276 e. The average molecular weight is 306 g/mol. The van der Waals surface area contributed by atoms with Crippen LogP contribution < -0.4 is 5.56 Å². The molecule has 4 rings (SSSR count). The molecule has 0 amide bonds. The van der Waals surface area contributed by atoms with Crippen LogP contribution in [0, 0.1) is 0 Å². The Balaban J connectivity index is 1.53. The van der Waals surface area contributed by atoms with E-state index in [0.717, 1.165) is 24.4 Å². The Kier molecular flexibility index (Phi) is 2.85. The molecule has 1 saturated carbocycles. The van der Waals surface area contributed by atoms with E-state index in [1.165, 1.54) is 27.5 Å². The molecule has 3 heterocycles. The maximum absolute atomic E-state index is 11.8. The van der Waals surface area contributed by atoms with Crippen molar-refractivity contribution in [3.8, 4) is 0 Å². The third kappa shape index (κ3) is 2.25. The molecule has 3 aromatic rings. The number of thioether (sulfide) groups is 1. The maximum Gasteiger partial charge on any atom is 0.276 e. The van der Waals surface area contributed by atoms with Crippen LogP contribution in [0.15, 0.2) is 32.1 Å². The average Bonchev–Trinajstić information content (AvgIpc) is 3.00. The van der Waals surface area contributed by atoms with E-state index < -0.39 is 0 Å². The molecule has 6 nitrogen and oxygen atoms in total. The summed E-state index contributed by atoms with van der Waals surface area (Å²) in [6.07, 6.45) is 4.01. The van der Waals surface area contributed by atoms with E-state index in [1.807, 2.05) is 5.38 Å². The van der Waals surface area contributed by atoms with Crippen LogP contribution in [0.3, 0.4) is 0 Å². The highest BCUT2D eigenvalue weighted by Gasteiger charge is 2.29. The molecule has 0 aliphatic heterocycles. The minimum Gasteiger partial charge on any atom is -0.416 e. The van der Waals surface area contributed by atoms with Gasteiger partial charge in [0.1, 0.15) is 0 Å². The van der Waals surface area contributed by atoms with Crippen LogP contribution in [0.5, 0.6) is 0 Å². The minimum absolute atomic E-state index is 0.0592. The Morgan fingerprint density at radius 3 is 3.20 bits per heavy atom. The van der Waals surface area contributed by atoms with Crippen molar-refractivity contribution in [3.05, 3.63) is 39.6 Å². The first-order chi connectivity index (χ1) is 9.79. The second-order valence-corrected chi connectivity index (χ2v) is 6.41. The second-order valence-electron chi connectivity index (χ2n) is 4.61. The van der Waals surface area contributed by atoms with Crippen molar-refractivity contribution in [2.45, 2.75) is 29.7 Å². The van der Waals surface area contributed by atoms with Gasteiger partial charge in [-0.3, -0.25) is 9.20 Å². The Hall–Kier alpha value is -1.67. The molecular weight excluding hydrogens is 296 g/mol. The van der Waals surface area contributed by atoms with Crippen LogP contribution >= 0.6 is 23.1 Å². The van der Waals surface area contributed by atoms with Gasteiger partial charge in [0.25, 0.3) is 10.8 Å². The lowest BCUT2D eigenvalue weighted by Gasteiger charge is -1.98. The molecule has 3 aromatic heterocycles. The summed E-state index contributed by atoms with van der Waals surface area (Å²) in [7, 11) is 0. The molecule has 8 heteroatoms. The number of aromatic nitrogens is 4. The molecule has 0 atom stereocenters. The van der Waals surface area contributed by atoms with Crippen molar-refractivity contribution in [1.82, 2.24) is 19.6 Å². The molecule has 1 aliphatic rings. The number of rotatable bonds is 4. The van der Waals surface area contributed by atoms with Crippen LogP contribution in [0.1, 0.15) is 30.3 Å². The van der Waals surface area contributed by atoms with Gasteiger partial charge in [-0.2, -0.15) is 0 Å². The van der Waals surface area contributed by atoms with Crippen molar-refractivity contribution in [1.29, 1.82) is 0 Å². The highest BCUT2D eigenvalue weighted by Crippen LogP contribution is 2.39. The molecule has 0 radical (unpaired) electrons. The zero-order valence-electron chi connectivity index (χ0n) is 10.4. The molecule has 0 aromatic carbocycles. The van der Waals surface area contributed by atoms with Gasteiger partial charge in [0.05, 0.1) is 5.69 Å². The number of thiazole rings is 1. The lowest BCUT2D eigenvalue weighted by molar-refractivity contribution is 0.414. The first-order valence-corrected chi connectivity index (χ1v) is 8.08. The Morgan fingerprint density at radius 2 is 2.35 bits per heavy atom. The van der Waals surface area contributed by atoms with Crippen molar-refractivity contribution in [2.24, 2.45) is 0 Å². The summed E-state index contributed by atoms with van der Waals surface area (Å²) < 4.78 is 7.10. The lowest BCUT2D eigenvalue weighted by atomic mass is 10.4. The maximum atomic E-state index is 11.8. The summed E-state index contributed by atoms with van der Waals surface area (Å²) >= 11 is 2.86. The van der Waals surface area contributed by atoms with Gasteiger partial charge in [0.15, 0.2) is 4.96 Å². The molecule has 1 aliphatic carbocycles. The van der Waals surface area contributed by atoms with Gasteiger partial charge in [-0.1, -0.05) is 11.8 Å². The third-order valence-electron chi connectivity index (χ3n) is 3.05. The van der Waals surface area contributed by atoms with E-state index in [1.54, 1.807) is 12.3 Å². The Morgan fingerprint density at radius 1 is 1.45 bits per heavy atom. The lowest BCUT2D eigenvalue weighted by Crippen LogP contribution is -2.12. The van der Waals surface area contributed by atoms with Crippen molar-refractivity contribution >= 4 is 28.1 Å². The van der Waals surface area contributed by atoms with E-state index in [9.17, 15) is 4.79 Å². The topological polar surface area (TPSA) is 73.3 Å². The van der Waals surface area contributed by atoms with E-state index in [4.69, 9.17) is 4.42 Å². The van der Waals surface area contributed by atoms with Crippen LogP contribution in [-0.2, 0) is 5.75 Å². The van der Waals surface area contributed by atoms with Crippen LogP contribution in [-0.4, -0.2) is 19.6 Å². The number of hydrogen-bond donors (Lipinski definition) is 0. The first-order valence-electron chi connectivity index (χ1n) is 6.21. The van der Waals surface area contributed by atoms with Gasteiger partial charge in [-0.25, -0.2) is 4.98 Å². The molecular formula is C12H10N4O2S2. The molecule has 20 heavy (non-hydrogen) atoms. The molecule has 1 fully saturated rings. The van der Waals surface area contributed by atoms with Crippen molar-refractivity contribution in [2.75, 3.05) is 0 Å². The quantitative estimate of drug-likeness (QED) is 0.689. The van der Waals surface area contributed by atoms with Gasteiger partial charge < -0.3 is 4.42 Å². The van der Waals surface area contributed by atoms with Gasteiger partial charge in [0, 0.05) is 29.3 Å². The molecule has 102 valence electrons. The minimum atomic E-state index is -0.0592. The predicted octanol–water partition coefficient (Wildman–Crippen LogP) is 2.31. The predicted molar refractivity (Wildman–Crippen MR) is 75.2 cm³/mol. The molecule has 0 spiro atoms. The summed E-state index contributed by atoms with van der Waals surface area (Å²) in [5, 5.41) is 10.4. The van der Waals surface area contributed by atoms with Crippen LogP contribution in [0.2, 0.25) is 0 Å². The summed E-state index contributed by atoms with van der Waals surface area (Å²) in [5.41, 5.74) is 0.671. The van der Waals surface area contributed by atoms with E-state index in [-0.39, 0.29) is 5.56 Å². The van der Waals surface area contributed by atoms with E-state index >= 15 is 0 Å². The molecule has 0 unspecified atom stereocenters. The second kappa shape index (κ2) is 4.71. The van der Waals surface area contributed by atoms with Gasteiger partial charge in [-0.15, -0.1) is 21.5 Å². The van der Waals surface area contributed by atoms with Crippen LogP contribution in [0.4, 0.5) is 0 Å². The fourth-order valence-electron chi connectivity index (χ4n) is 1.87. The van der Waals surface area contributed by atoms with E-state index in [2.05, 4.69) is 15.2 Å². The number of nitrogens with zero attached hydrogens (tertiary/aromatic N) is 4. The Bertz CT molecular complexity index is 818. The highest BCUT2D eigenvalue weighted by atomic mass is 32.2. The fraction of sp³-hybridized carbons (Fsp3) is 0.333. The summed E-state index contributed by atoms with van der Waals surface area (Å²) in [4.78, 5) is 17.0. The summed E-state index contributed by atoms with van der Waals surface area (Å²) in [5.74, 6) is 1.74. The molecule has 0 bridgehead atoms. The summed E-state index contributed by atoms with van der Waals surface area (Å²) in [6, 6.07) is 1.55. The molecule has 0 N–H and O–H groups in total. The fourth-order valence-corrected chi connectivity index (χ4v) is 3.27. The number of fused-ring (bicyclic) bond motifs is 1. The zero-order valence-corrected chi connectivity index (χ0v) is 12.0. The van der Waals surface area contributed by atoms with Gasteiger partial charge in [0.2, 0.25) is 5.89 Å². The summed E-state index contributed by atoms with van der Waals surface area (Å²) in [6.45, 7) is 0. The van der Waals surface area contributed by atoms with Gasteiger partial charge in [-0.05, 0) is 12.8 Å². The molecule has 0 saturated heterocycles. The first kappa shape index (κ1) is 12.1. The number of hydrogen-bond acceptors (Lipinski definition) is 7. The SMILES string of the molecule is O=c1cc(CSc2nnc(C3CC3)o2)nc2sccn12. The van der Waals surface area contributed by atoms with Gasteiger partial charge >= 0.3 is 0 Å². The van der Waals surface area contributed by atoms with E-state index in [0.29, 0.717) is 21.9 Å². The normalized spacial score (nSPS) is 15.0. The highest BCUT2D eigenvalue weighted by molar-refractivity contribution is 7.98. The Labute approximate surface area is 121 Å². The van der Waals surface area contributed by atoms with Crippen LogP contribution in [0.25, 0.3) is 4.96 Å². The third-order valence-corrected chi connectivity index (χ3v) is 4.66. The van der Waals surface area contributed by atoms with Crippen molar-refractivity contribution < 1.29 is 4.42 Å².